The molecule has 2 aromatic carbocycles. The lowest BCUT2D eigenvalue weighted by Crippen LogP contribution is -2.03. The zero-order chi connectivity index (χ0) is 14.1. The van der Waals surface area contributed by atoms with Gasteiger partial charge in [-0.05, 0) is 54.7 Å². The number of para-hydroxylation sites is 1. The van der Waals surface area contributed by atoms with E-state index in [1.165, 1.54) is 35.4 Å². The first-order chi connectivity index (χ1) is 9.65. The first-order valence-electron chi connectivity index (χ1n) is 6.56. The number of hydrogen-bond acceptors (Lipinski definition) is 3. The minimum Gasteiger partial charge on any atom is -0.478 e. The van der Waals surface area contributed by atoms with E-state index in [-0.39, 0.29) is 5.56 Å². The van der Waals surface area contributed by atoms with Crippen molar-refractivity contribution in [2.45, 2.75) is 29.1 Å². The van der Waals surface area contributed by atoms with Crippen molar-refractivity contribution >= 4 is 23.4 Å². The Morgan fingerprint density at radius 1 is 1.15 bits per heavy atom. The van der Waals surface area contributed by atoms with Crippen molar-refractivity contribution in [3.05, 3.63) is 53.1 Å². The zero-order valence-corrected chi connectivity index (χ0v) is 11.7. The molecule has 0 bridgehead atoms. The number of carboxylic acids is 1. The third-order valence-electron chi connectivity index (χ3n) is 3.59. The quantitative estimate of drug-likeness (QED) is 0.846. The van der Waals surface area contributed by atoms with Crippen LogP contribution in [0.1, 0.15) is 27.9 Å². The van der Waals surface area contributed by atoms with E-state index in [2.05, 4.69) is 18.2 Å². The number of nitrogens with two attached hydrogens (primary N) is 1. The van der Waals surface area contributed by atoms with Gasteiger partial charge in [-0.3, -0.25) is 0 Å². The molecule has 0 unspecified atom stereocenters. The van der Waals surface area contributed by atoms with Crippen molar-refractivity contribution < 1.29 is 9.90 Å². The minimum absolute atomic E-state index is 0.163. The van der Waals surface area contributed by atoms with Crippen LogP contribution in [0.4, 0.5) is 5.69 Å². The fourth-order valence-corrected chi connectivity index (χ4v) is 3.52. The molecule has 0 amide bonds. The van der Waals surface area contributed by atoms with Crippen LogP contribution in [0, 0.1) is 0 Å². The molecule has 3 N–H and O–H groups in total. The Labute approximate surface area is 121 Å². The Bertz CT molecular complexity index is 682. The molecule has 1 aliphatic carbocycles. The van der Waals surface area contributed by atoms with Crippen LogP contribution in [0.2, 0.25) is 0 Å². The summed E-state index contributed by atoms with van der Waals surface area (Å²) in [5.74, 6) is -0.987. The Morgan fingerprint density at radius 3 is 2.75 bits per heavy atom. The summed E-state index contributed by atoms with van der Waals surface area (Å²) >= 11 is 1.52. The second kappa shape index (κ2) is 5.21. The summed E-state index contributed by atoms with van der Waals surface area (Å²) in [5.41, 5.74) is 9.28. The molecule has 3 nitrogen and oxygen atoms in total. The van der Waals surface area contributed by atoms with Crippen molar-refractivity contribution in [1.29, 1.82) is 0 Å². The highest BCUT2D eigenvalue weighted by molar-refractivity contribution is 7.99. The van der Waals surface area contributed by atoms with E-state index in [9.17, 15) is 4.79 Å². The van der Waals surface area contributed by atoms with Crippen molar-refractivity contribution in [2.75, 3.05) is 5.73 Å². The molecular weight excluding hydrogens is 270 g/mol. The maximum atomic E-state index is 11.1. The van der Waals surface area contributed by atoms with E-state index < -0.39 is 5.97 Å². The topological polar surface area (TPSA) is 63.3 Å². The molecule has 4 heteroatoms. The number of fused-ring (bicyclic) bond motifs is 1. The van der Waals surface area contributed by atoms with Crippen molar-refractivity contribution in [3.8, 4) is 0 Å². The number of carboxylic acid groups (broad SMARTS) is 1. The number of hydrogen-bond donors (Lipinski definition) is 2. The van der Waals surface area contributed by atoms with Crippen LogP contribution in [0.15, 0.2) is 46.2 Å². The van der Waals surface area contributed by atoms with Gasteiger partial charge in [-0.25, -0.2) is 4.79 Å². The fraction of sp³-hybridized carbons (Fsp3) is 0.188. The Kier molecular flexibility index (Phi) is 3.40. The van der Waals surface area contributed by atoms with Crippen LogP contribution in [-0.4, -0.2) is 11.1 Å². The van der Waals surface area contributed by atoms with Gasteiger partial charge in [0.2, 0.25) is 0 Å². The highest BCUT2D eigenvalue weighted by Crippen LogP contribution is 2.36. The second-order valence-electron chi connectivity index (χ2n) is 4.91. The average Bonchev–Trinajstić information content (AvgIpc) is 2.88. The van der Waals surface area contributed by atoms with Gasteiger partial charge in [0, 0.05) is 9.79 Å². The molecule has 20 heavy (non-hydrogen) atoms. The van der Waals surface area contributed by atoms with Gasteiger partial charge in [-0.1, -0.05) is 23.9 Å². The number of nitrogen functional groups attached to an aromatic ring is 1. The van der Waals surface area contributed by atoms with Gasteiger partial charge in [-0.2, -0.15) is 0 Å². The molecule has 102 valence electrons. The van der Waals surface area contributed by atoms with Crippen molar-refractivity contribution in [1.82, 2.24) is 0 Å². The van der Waals surface area contributed by atoms with Gasteiger partial charge >= 0.3 is 5.97 Å². The van der Waals surface area contributed by atoms with E-state index >= 15 is 0 Å². The van der Waals surface area contributed by atoms with E-state index in [1.807, 2.05) is 6.07 Å². The average molecular weight is 285 g/mol. The normalized spacial score (nSPS) is 13.2. The highest BCUT2D eigenvalue weighted by Gasteiger charge is 2.14. The summed E-state index contributed by atoms with van der Waals surface area (Å²) in [6.07, 6.45) is 3.52. The molecule has 0 spiro atoms. The lowest BCUT2D eigenvalue weighted by Gasteiger charge is -2.09. The Balaban J connectivity index is 1.92. The maximum absolute atomic E-state index is 11.1. The predicted octanol–water partition coefficient (Wildman–Crippen LogP) is 3.61. The Morgan fingerprint density at radius 2 is 1.95 bits per heavy atom. The number of benzene rings is 2. The molecule has 0 atom stereocenters. The zero-order valence-electron chi connectivity index (χ0n) is 10.9. The third-order valence-corrected chi connectivity index (χ3v) is 4.66. The van der Waals surface area contributed by atoms with Gasteiger partial charge in [0.25, 0.3) is 0 Å². The maximum Gasteiger partial charge on any atom is 0.337 e. The summed E-state index contributed by atoms with van der Waals surface area (Å²) in [5, 5.41) is 9.09. The monoisotopic (exact) mass is 285 g/mol. The van der Waals surface area contributed by atoms with Crippen LogP contribution in [0.25, 0.3) is 0 Å². The number of rotatable bonds is 3. The molecule has 2 aromatic rings. The highest BCUT2D eigenvalue weighted by atomic mass is 32.2. The molecule has 0 saturated heterocycles. The van der Waals surface area contributed by atoms with Gasteiger partial charge < -0.3 is 10.8 Å². The number of aromatic carboxylic acids is 1. The number of anilines is 1. The minimum atomic E-state index is -0.987. The van der Waals surface area contributed by atoms with Crippen LogP contribution in [0.5, 0.6) is 0 Å². The molecule has 3 rings (SSSR count). The van der Waals surface area contributed by atoms with Crippen LogP contribution in [-0.2, 0) is 12.8 Å². The van der Waals surface area contributed by atoms with Crippen LogP contribution in [0.3, 0.4) is 0 Å². The summed E-state index contributed by atoms with van der Waals surface area (Å²) < 4.78 is 0. The predicted molar refractivity (Wildman–Crippen MR) is 80.4 cm³/mol. The molecule has 0 aliphatic heterocycles. The molecule has 0 heterocycles. The standard InChI is InChI=1S/C16H15NO2S/c17-15-13(16(18)19)5-2-6-14(15)20-12-8-7-10-3-1-4-11(10)9-12/h2,5-9H,1,3-4,17H2,(H,18,19). The van der Waals surface area contributed by atoms with E-state index in [1.54, 1.807) is 6.07 Å². The van der Waals surface area contributed by atoms with Gasteiger partial charge in [0.05, 0.1) is 11.3 Å². The molecule has 1 aliphatic rings. The smallest absolute Gasteiger partial charge is 0.337 e. The second-order valence-corrected chi connectivity index (χ2v) is 6.02. The first-order valence-corrected chi connectivity index (χ1v) is 7.38. The SMILES string of the molecule is Nc1c(Sc2ccc3c(c2)CCC3)cccc1C(=O)O. The van der Waals surface area contributed by atoms with Crippen molar-refractivity contribution in [2.24, 2.45) is 0 Å². The summed E-state index contributed by atoms with van der Waals surface area (Å²) in [6, 6.07) is 11.6. The summed E-state index contributed by atoms with van der Waals surface area (Å²) in [4.78, 5) is 13.0. The molecule has 0 aromatic heterocycles. The van der Waals surface area contributed by atoms with E-state index in [0.29, 0.717) is 5.69 Å². The van der Waals surface area contributed by atoms with Crippen LogP contribution < -0.4 is 5.73 Å². The molecule has 0 saturated carbocycles. The molecule has 0 radical (unpaired) electrons. The van der Waals surface area contributed by atoms with Crippen molar-refractivity contribution in [3.63, 3.8) is 0 Å². The number of aryl methyl sites for hydroxylation is 2. The molecular formula is C16H15NO2S. The third kappa shape index (κ3) is 2.39. The van der Waals surface area contributed by atoms with Gasteiger partial charge in [-0.15, -0.1) is 0 Å². The van der Waals surface area contributed by atoms with E-state index in [4.69, 9.17) is 10.8 Å². The lowest BCUT2D eigenvalue weighted by molar-refractivity contribution is 0.0698. The summed E-state index contributed by atoms with van der Waals surface area (Å²) in [7, 11) is 0. The lowest BCUT2D eigenvalue weighted by atomic mass is 10.1. The van der Waals surface area contributed by atoms with Gasteiger partial charge in [0.15, 0.2) is 0 Å². The largest absolute Gasteiger partial charge is 0.478 e. The van der Waals surface area contributed by atoms with Gasteiger partial charge in [0.1, 0.15) is 0 Å². The Hall–Kier alpha value is -1.94. The van der Waals surface area contributed by atoms with Crippen LogP contribution >= 0.6 is 11.8 Å². The van der Waals surface area contributed by atoms with E-state index in [0.717, 1.165) is 22.6 Å². The summed E-state index contributed by atoms with van der Waals surface area (Å²) in [6.45, 7) is 0. The number of carbonyl (C=O) groups is 1. The fourth-order valence-electron chi connectivity index (χ4n) is 2.56. The molecule has 0 fully saturated rings. The first kappa shape index (κ1) is 13.1.